The van der Waals surface area contributed by atoms with Crippen LogP contribution in [0.3, 0.4) is 0 Å². The molecule has 0 atom stereocenters. The maximum absolute atomic E-state index is 12.4. The number of ether oxygens (including phenoxy) is 2. The summed E-state index contributed by atoms with van der Waals surface area (Å²) in [6, 6.07) is 14.3. The van der Waals surface area contributed by atoms with E-state index in [0.717, 1.165) is 10.2 Å². The monoisotopic (exact) mass is 404 g/mol. The largest absolute Gasteiger partial charge is 0.482 e. The van der Waals surface area contributed by atoms with Crippen molar-refractivity contribution in [2.75, 3.05) is 24.7 Å². The second-order valence-corrected chi connectivity index (χ2v) is 6.95. The van der Waals surface area contributed by atoms with Crippen LogP contribution in [0.2, 0.25) is 5.02 Å². The number of carbonyl (C=O) groups is 2. The van der Waals surface area contributed by atoms with Crippen molar-refractivity contribution in [2.45, 2.75) is 6.92 Å². The Hall–Kier alpha value is -2.64. The molecular formula is C19H17ClN2O4S. The van der Waals surface area contributed by atoms with Gasteiger partial charge in [-0.15, -0.1) is 0 Å². The van der Waals surface area contributed by atoms with Crippen LogP contribution in [-0.4, -0.2) is 36.6 Å². The standard InChI is InChI=1S/C19H17ClN2O4S/c1-2-22(19-21-15-5-3-4-6-16(15)27-19)17(23)11-26-18(24)12-25-14-9-7-13(20)8-10-14/h3-10H,2,11-12H2,1H3. The number of halogens is 1. The van der Waals surface area contributed by atoms with E-state index >= 15 is 0 Å². The topological polar surface area (TPSA) is 68.7 Å². The first kappa shape index (κ1) is 19.1. The summed E-state index contributed by atoms with van der Waals surface area (Å²) < 4.78 is 11.3. The minimum Gasteiger partial charge on any atom is -0.482 e. The van der Waals surface area contributed by atoms with Crippen LogP contribution in [-0.2, 0) is 14.3 Å². The Kier molecular flexibility index (Phi) is 6.26. The van der Waals surface area contributed by atoms with Gasteiger partial charge >= 0.3 is 5.97 Å². The number of aromatic nitrogens is 1. The summed E-state index contributed by atoms with van der Waals surface area (Å²) in [5, 5.41) is 1.15. The number of hydrogen-bond acceptors (Lipinski definition) is 6. The van der Waals surface area contributed by atoms with E-state index in [9.17, 15) is 9.59 Å². The van der Waals surface area contributed by atoms with E-state index in [0.29, 0.717) is 22.4 Å². The van der Waals surface area contributed by atoms with Crippen molar-refractivity contribution in [1.82, 2.24) is 4.98 Å². The molecule has 8 heteroatoms. The molecule has 0 aliphatic rings. The molecule has 0 unspecified atom stereocenters. The van der Waals surface area contributed by atoms with Crippen molar-refractivity contribution in [3.8, 4) is 5.75 Å². The molecule has 2 aromatic carbocycles. The van der Waals surface area contributed by atoms with Gasteiger partial charge in [0.25, 0.3) is 5.91 Å². The molecule has 0 N–H and O–H groups in total. The molecule has 140 valence electrons. The normalized spacial score (nSPS) is 10.6. The highest BCUT2D eigenvalue weighted by molar-refractivity contribution is 7.22. The van der Waals surface area contributed by atoms with Gasteiger partial charge in [0.05, 0.1) is 10.2 Å². The molecule has 27 heavy (non-hydrogen) atoms. The van der Waals surface area contributed by atoms with Gasteiger partial charge in [0.1, 0.15) is 5.75 Å². The Labute approximate surface area is 165 Å². The summed E-state index contributed by atoms with van der Waals surface area (Å²) in [6.07, 6.45) is 0. The number of esters is 1. The summed E-state index contributed by atoms with van der Waals surface area (Å²) in [5.74, 6) is -0.470. The fraction of sp³-hybridized carbons (Fsp3) is 0.211. The molecule has 0 bridgehead atoms. The third kappa shape index (κ3) is 4.96. The SMILES string of the molecule is CCN(C(=O)COC(=O)COc1ccc(Cl)cc1)c1nc2ccccc2s1. The molecule has 0 radical (unpaired) electrons. The predicted octanol–water partition coefficient (Wildman–Crippen LogP) is 3.92. The molecule has 0 fully saturated rings. The number of fused-ring (bicyclic) bond motifs is 1. The van der Waals surface area contributed by atoms with Crippen molar-refractivity contribution in [1.29, 1.82) is 0 Å². The van der Waals surface area contributed by atoms with Crippen molar-refractivity contribution in [3.63, 3.8) is 0 Å². The Balaban J connectivity index is 1.53. The molecule has 3 rings (SSSR count). The van der Waals surface area contributed by atoms with E-state index in [1.807, 2.05) is 31.2 Å². The molecule has 0 spiro atoms. The first-order valence-electron chi connectivity index (χ1n) is 8.26. The van der Waals surface area contributed by atoms with Gasteiger partial charge in [0.2, 0.25) is 0 Å². The van der Waals surface area contributed by atoms with Crippen LogP contribution in [0.1, 0.15) is 6.92 Å². The van der Waals surface area contributed by atoms with Crippen LogP contribution in [0.25, 0.3) is 10.2 Å². The second kappa shape index (κ2) is 8.83. The van der Waals surface area contributed by atoms with E-state index in [1.165, 1.54) is 16.2 Å². The number of para-hydroxylation sites is 1. The number of amides is 1. The number of hydrogen-bond donors (Lipinski definition) is 0. The lowest BCUT2D eigenvalue weighted by atomic mass is 10.3. The Morgan fingerprint density at radius 1 is 1.11 bits per heavy atom. The van der Waals surface area contributed by atoms with Crippen LogP contribution in [0.15, 0.2) is 48.5 Å². The van der Waals surface area contributed by atoms with Gasteiger partial charge in [-0.2, -0.15) is 0 Å². The first-order valence-corrected chi connectivity index (χ1v) is 9.46. The number of carbonyl (C=O) groups excluding carboxylic acids is 2. The maximum atomic E-state index is 12.4. The molecule has 0 saturated carbocycles. The van der Waals surface area contributed by atoms with E-state index in [-0.39, 0.29) is 19.1 Å². The molecule has 0 saturated heterocycles. The third-order valence-electron chi connectivity index (χ3n) is 3.66. The summed E-state index contributed by atoms with van der Waals surface area (Å²) in [7, 11) is 0. The quantitative estimate of drug-likeness (QED) is 0.558. The molecule has 1 heterocycles. The zero-order valence-electron chi connectivity index (χ0n) is 14.6. The number of anilines is 1. The van der Waals surface area contributed by atoms with Crippen molar-refractivity contribution in [3.05, 3.63) is 53.6 Å². The smallest absolute Gasteiger partial charge is 0.344 e. The average molecular weight is 405 g/mol. The lowest BCUT2D eigenvalue weighted by molar-refractivity contribution is -0.149. The van der Waals surface area contributed by atoms with E-state index in [1.54, 1.807) is 24.3 Å². The summed E-state index contributed by atoms with van der Waals surface area (Å²) in [5.41, 5.74) is 0.831. The van der Waals surface area contributed by atoms with Crippen LogP contribution in [0, 0.1) is 0 Å². The molecule has 6 nitrogen and oxygen atoms in total. The number of likely N-dealkylation sites (N-methyl/N-ethyl adjacent to an activating group) is 1. The molecule has 0 aliphatic heterocycles. The van der Waals surface area contributed by atoms with Gasteiger partial charge in [-0.25, -0.2) is 9.78 Å². The van der Waals surface area contributed by atoms with Gasteiger partial charge in [-0.05, 0) is 43.3 Å². The number of nitrogens with zero attached hydrogens (tertiary/aromatic N) is 2. The number of rotatable bonds is 7. The number of benzene rings is 2. The highest BCUT2D eigenvalue weighted by Gasteiger charge is 2.19. The highest BCUT2D eigenvalue weighted by Crippen LogP contribution is 2.28. The van der Waals surface area contributed by atoms with Crippen LogP contribution < -0.4 is 9.64 Å². The zero-order chi connectivity index (χ0) is 19.2. The van der Waals surface area contributed by atoms with Gasteiger partial charge in [-0.3, -0.25) is 9.69 Å². The van der Waals surface area contributed by atoms with Gasteiger partial charge in [0, 0.05) is 11.6 Å². The lowest BCUT2D eigenvalue weighted by Crippen LogP contribution is -2.35. The highest BCUT2D eigenvalue weighted by atomic mass is 35.5. The fourth-order valence-corrected chi connectivity index (χ4v) is 3.50. The first-order chi connectivity index (χ1) is 13.1. The summed E-state index contributed by atoms with van der Waals surface area (Å²) in [4.78, 5) is 30.2. The van der Waals surface area contributed by atoms with E-state index in [4.69, 9.17) is 21.1 Å². The van der Waals surface area contributed by atoms with Crippen molar-refractivity contribution >= 4 is 50.2 Å². The minimum absolute atomic E-state index is 0.290. The third-order valence-corrected chi connectivity index (χ3v) is 4.97. The lowest BCUT2D eigenvalue weighted by Gasteiger charge is -2.17. The van der Waals surface area contributed by atoms with Gasteiger partial charge in [-0.1, -0.05) is 35.1 Å². The van der Waals surface area contributed by atoms with E-state index in [2.05, 4.69) is 4.98 Å². The molecule has 1 aromatic heterocycles. The van der Waals surface area contributed by atoms with Gasteiger partial charge < -0.3 is 9.47 Å². The maximum Gasteiger partial charge on any atom is 0.344 e. The molecule has 1 amide bonds. The number of thiazole rings is 1. The Morgan fingerprint density at radius 2 is 1.85 bits per heavy atom. The summed E-state index contributed by atoms with van der Waals surface area (Å²) >= 11 is 7.20. The Morgan fingerprint density at radius 3 is 2.56 bits per heavy atom. The van der Waals surface area contributed by atoms with Crippen LogP contribution >= 0.6 is 22.9 Å². The zero-order valence-corrected chi connectivity index (χ0v) is 16.1. The van der Waals surface area contributed by atoms with Crippen molar-refractivity contribution in [2.24, 2.45) is 0 Å². The molecule has 0 aliphatic carbocycles. The Bertz CT molecular complexity index is 909. The van der Waals surface area contributed by atoms with Gasteiger partial charge in [0.15, 0.2) is 18.3 Å². The minimum atomic E-state index is -0.626. The second-order valence-electron chi connectivity index (χ2n) is 5.51. The summed E-state index contributed by atoms with van der Waals surface area (Å²) in [6.45, 7) is 1.61. The van der Waals surface area contributed by atoms with E-state index < -0.39 is 5.97 Å². The predicted molar refractivity (Wildman–Crippen MR) is 106 cm³/mol. The van der Waals surface area contributed by atoms with Crippen LogP contribution in [0.4, 0.5) is 5.13 Å². The molecule has 3 aromatic rings. The van der Waals surface area contributed by atoms with Crippen molar-refractivity contribution < 1.29 is 19.1 Å². The van der Waals surface area contributed by atoms with Crippen LogP contribution in [0.5, 0.6) is 5.75 Å². The molecular weight excluding hydrogens is 388 g/mol. The average Bonchev–Trinajstić information content (AvgIpc) is 3.10. The fourth-order valence-electron chi connectivity index (χ4n) is 2.33.